The van der Waals surface area contributed by atoms with Crippen molar-refractivity contribution in [1.29, 1.82) is 0 Å². The first kappa shape index (κ1) is 13.2. The van der Waals surface area contributed by atoms with Gasteiger partial charge in [0, 0.05) is 24.8 Å². The van der Waals surface area contributed by atoms with Gasteiger partial charge in [-0.2, -0.15) is 0 Å². The van der Waals surface area contributed by atoms with Gasteiger partial charge in [0.1, 0.15) is 5.75 Å². The normalized spacial score (nSPS) is 14.6. The summed E-state index contributed by atoms with van der Waals surface area (Å²) in [6, 6.07) is 8.32. The molecule has 0 amide bonds. The molecule has 0 radical (unpaired) electrons. The van der Waals surface area contributed by atoms with Crippen molar-refractivity contribution in [2.45, 2.75) is 25.7 Å². The van der Waals surface area contributed by atoms with Crippen LogP contribution >= 0.6 is 0 Å². The van der Waals surface area contributed by atoms with E-state index in [0.29, 0.717) is 0 Å². The quantitative estimate of drug-likeness (QED) is 0.768. The lowest BCUT2D eigenvalue weighted by molar-refractivity contribution is 0.414. The van der Waals surface area contributed by atoms with Gasteiger partial charge in [0.05, 0.1) is 7.11 Å². The fraction of sp³-hybridized carbons (Fsp3) is 0.600. The largest absolute Gasteiger partial charge is 0.497 e. The number of benzene rings is 1. The summed E-state index contributed by atoms with van der Waals surface area (Å²) >= 11 is 0. The maximum absolute atomic E-state index is 5.63. The Labute approximate surface area is 110 Å². The maximum Gasteiger partial charge on any atom is 0.120 e. The van der Waals surface area contributed by atoms with Gasteiger partial charge in [-0.1, -0.05) is 18.9 Å². The molecule has 0 aromatic heterocycles. The van der Waals surface area contributed by atoms with E-state index >= 15 is 0 Å². The third-order valence-electron chi connectivity index (χ3n) is 3.55. The predicted octanol–water partition coefficient (Wildman–Crippen LogP) is 2.65. The van der Waals surface area contributed by atoms with Gasteiger partial charge in [-0.25, -0.2) is 0 Å². The van der Waals surface area contributed by atoms with E-state index in [2.05, 4.69) is 23.1 Å². The first-order valence-corrected chi connectivity index (χ1v) is 6.92. The van der Waals surface area contributed by atoms with E-state index in [1.54, 1.807) is 7.11 Å². The number of nitrogens with zero attached hydrogens (tertiary/aromatic N) is 1. The number of hydrogen-bond acceptors (Lipinski definition) is 3. The van der Waals surface area contributed by atoms with Crippen molar-refractivity contribution in [2.24, 2.45) is 11.7 Å². The van der Waals surface area contributed by atoms with Crippen molar-refractivity contribution in [1.82, 2.24) is 0 Å². The van der Waals surface area contributed by atoms with Gasteiger partial charge in [-0.05, 0) is 37.4 Å². The second-order valence-electron chi connectivity index (χ2n) is 5.06. The number of ether oxygens (including phenoxy) is 1. The molecule has 3 heteroatoms. The molecule has 3 nitrogen and oxygen atoms in total. The van der Waals surface area contributed by atoms with Gasteiger partial charge in [-0.3, -0.25) is 0 Å². The number of nitrogens with two attached hydrogens (primary N) is 1. The lowest BCUT2D eigenvalue weighted by Crippen LogP contribution is -2.27. The number of hydrogen-bond donors (Lipinski definition) is 1. The fourth-order valence-corrected chi connectivity index (χ4v) is 2.20. The molecule has 0 heterocycles. The molecule has 2 rings (SSSR count). The smallest absolute Gasteiger partial charge is 0.120 e. The Bertz CT molecular complexity index is 363. The molecule has 0 unspecified atom stereocenters. The molecule has 1 aromatic carbocycles. The van der Waals surface area contributed by atoms with Crippen molar-refractivity contribution in [3.63, 3.8) is 0 Å². The summed E-state index contributed by atoms with van der Waals surface area (Å²) in [5, 5.41) is 0. The van der Waals surface area contributed by atoms with Gasteiger partial charge in [0.25, 0.3) is 0 Å². The van der Waals surface area contributed by atoms with Gasteiger partial charge < -0.3 is 15.4 Å². The third-order valence-corrected chi connectivity index (χ3v) is 3.55. The van der Waals surface area contributed by atoms with Crippen molar-refractivity contribution in [3.8, 4) is 5.75 Å². The van der Waals surface area contributed by atoms with E-state index in [9.17, 15) is 0 Å². The van der Waals surface area contributed by atoms with Gasteiger partial charge in [0.15, 0.2) is 0 Å². The SMILES string of the molecule is COc1cccc(N(CCCN)CCC2CC2)c1. The monoisotopic (exact) mass is 248 g/mol. The van der Waals surface area contributed by atoms with E-state index in [1.807, 2.05) is 6.07 Å². The first-order valence-electron chi connectivity index (χ1n) is 6.92. The molecule has 2 N–H and O–H groups in total. The standard InChI is InChI=1S/C15H24N2O/c1-18-15-5-2-4-14(12-15)17(10-3-9-16)11-8-13-6-7-13/h2,4-5,12-13H,3,6-11,16H2,1H3. The number of methoxy groups -OCH3 is 1. The van der Waals surface area contributed by atoms with Crippen LogP contribution in [0.25, 0.3) is 0 Å². The molecule has 0 spiro atoms. The molecule has 0 aliphatic heterocycles. The van der Waals surface area contributed by atoms with E-state index in [4.69, 9.17) is 10.5 Å². The lowest BCUT2D eigenvalue weighted by atomic mass is 10.2. The molecule has 0 bridgehead atoms. The van der Waals surface area contributed by atoms with Crippen molar-refractivity contribution in [3.05, 3.63) is 24.3 Å². The van der Waals surface area contributed by atoms with Crippen LogP contribution in [0.1, 0.15) is 25.7 Å². The molecule has 1 aromatic rings. The summed E-state index contributed by atoms with van der Waals surface area (Å²) < 4.78 is 5.30. The average Bonchev–Trinajstić information content (AvgIpc) is 3.23. The summed E-state index contributed by atoms with van der Waals surface area (Å²) in [6.45, 7) is 2.93. The van der Waals surface area contributed by atoms with E-state index in [0.717, 1.165) is 37.7 Å². The zero-order valence-electron chi connectivity index (χ0n) is 11.3. The second kappa shape index (κ2) is 6.64. The highest BCUT2D eigenvalue weighted by atomic mass is 16.5. The highest BCUT2D eigenvalue weighted by molar-refractivity contribution is 5.50. The van der Waals surface area contributed by atoms with Crippen LogP contribution in [0.4, 0.5) is 5.69 Å². The Balaban J connectivity index is 1.99. The molecule has 0 saturated heterocycles. The van der Waals surface area contributed by atoms with Crippen LogP contribution in [0, 0.1) is 5.92 Å². The summed E-state index contributed by atoms with van der Waals surface area (Å²) in [5.74, 6) is 1.90. The average molecular weight is 248 g/mol. The van der Waals surface area contributed by atoms with Gasteiger partial charge >= 0.3 is 0 Å². The van der Waals surface area contributed by atoms with Crippen LogP contribution in [0.2, 0.25) is 0 Å². The lowest BCUT2D eigenvalue weighted by Gasteiger charge is -2.25. The molecule has 18 heavy (non-hydrogen) atoms. The third kappa shape index (κ3) is 3.91. The first-order chi connectivity index (χ1) is 8.83. The zero-order chi connectivity index (χ0) is 12.8. The highest BCUT2D eigenvalue weighted by Gasteiger charge is 2.21. The number of rotatable bonds is 8. The molecule has 100 valence electrons. The Morgan fingerprint density at radius 3 is 2.83 bits per heavy atom. The number of anilines is 1. The van der Waals surface area contributed by atoms with Crippen molar-refractivity contribution in [2.75, 3.05) is 31.6 Å². The van der Waals surface area contributed by atoms with Crippen LogP contribution in [-0.2, 0) is 0 Å². The van der Waals surface area contributed by atoms with Crippen LogP contribution in [0.3, 0.4) is 0 Å². The Morgan fingerprint density at radius 2 is 2.17 bits per heavy atom. The fourth-order valence-electron chi connectivity index (χ4n) is 2.20. The summed E-state index contributed by atoms with van der Waals surface area (Å²) in [7, 11) is 1.72. The Hall–Kier alpha value is -1.22. The van der Waals surface area contributed by atoms with Crippen LogP contribution in [-0.4, -0.2) is 26.7 Å². The van der Waals surface area contributed by atoms with Crippen LogP contribution < -0.4 is 15.4 Å². The topological polar surface area (TPSA) is 38.5 Å². The van der Waals surface area contributed by atoms with Crippen LogP contribution in [0.15, 0.2) is 24.3 Å². The van der Waals surface area contributed by atoms with Crippen LogP contribution in [0.5, 0.6) is 5.75 Å². The molecule has 1 saturated carbocycles. The predicted molar refractivity (Wildman–Crippen MR) is 76.2 cm³/mol. The maximum atomic E-state index is 5.63. The van der Waals surface area contributed by atoms with Gasteiger partial charge in [0.2, 0.25) is 0 Å². The molecule has 1 aliphatic carbocycles. The summed E-state index contributed by atoms with van der Waals surface area (Å²) in [4.78, 5) is 2.44. The molecule has 1 aliphatic rings. The van der Waals surface area contributed by atoms with Crippen molar-refractivity contribution < 1.29 is 4.74 Å². The Morgan fingerprint density at radius 1 is 1.33 bits per heavy atom. The van der Waals surface area contributed by atoms with E-state index in [1.165, 1.54) is 24.9 Å². The van der Waals surface area contributed by atoms with Crippen molar-refractivity contribution >= 4 is 5.69 Å². The molecule has 0 atom stereocenters. The van der Waals surface area contributed by atoms with Gasteiger partial charge in [-0.15, -0.1) is 0 Å². The second-order valence-corrected chi connectivity index (χ2v) is 5.06. The highest BCUT2D eigenvalue weighted by Crippen LogP contribution is 2.33. The summed E-state index contributed by atoms with van der Waals surface area (Å²) in [6.07, 6.45) is 5.19. The van der Waals surface area contributed by atoms with E-state index < -0.39 is 0 Å². The van der Waals surface area contributed by atoms with E-state index in [-0.39, 0.29) is 0 Å². The molecular formula is C15H24N2O. The summed E-state index contributed by atoms with van der Waals surface area (Å²) in [5.41, 5.74) is 6.88. The molecule has 1 fully saturated rings. The molecular weight excluding hydrogens is 224 g/mol. The zero-order valence-corrected chi connectivity index (χ0v) is 11.3. The minimum absolute atomic E-state index is 0.754. The minimum atomic E-state index is 0.754. The minimum Gasteiger partial charge on any atom is -0.497 e. The Kier molecular flexibility index (Phi) is 4.88.